The fourth-order valence-electron chi connectivity index (χ4n) is 2.48. The van der Waals surface area contributed by atoms with E-state index in [0.717, 1.165) is 34.9 Å². The molecule has 2 N–H and O–H groups in total. The molecule has 132 valence electrons. The Morgan fingerprint density at radius 1 is 1.12 bits per heavy atom. The fourth-order valence-corrected chi connectivity index (χ4v) is 2.48. The van der Waals surface area contributed by atoms with Crippen LogP contribution in [0.25, 0.3) is 5.95 Å². The summed E-state index contributed by atoms with van der Waals surface area (Å²) in [4.78, 5) is 20.9. The van der Waals surface area contributed by atoms with E-state index < -0.39 is 0 Å². The zero-order chi connectivity index (χ0) is 17.0. The SMILES string of the molecule is CNCCNC(=O)Cc1c(C)nn(-c2nc(C)cc(C)n2)c1C.Cl. The molecule has 2 aromatic heterocycles. The van der Waals surface area contributed by atoms with Gasteiger partial charge in [-0.05, 0) is 40.8 Å². The van der Waals surface area contributed by atoms with Gasteiger partial charge in [0, 0.05) is 35.7 Å². The first kappa shape index (κ1) is 20.1. The summed E-state index contributed by atoms with van der Waals surface area (Å²) in [6, 6.07) is 1.92. The minimum absolute atomic E-state index is 0. The molecule has 2 heterocycles. The van der Waals surface area contributed by atoms with E-state index in [9.17, 15) is 4.79 Å². The van der Waals surface area contributed by atoms with Crippen LogP contribution in [-0.2, 0) is 11.2 Å². The molecule has 0 fully saturated rings. The molecule has 0 saturated heterocycles. The highest BCUT2D eigenvalue weighted by Gasteiger charge is 2.17. The minimum Gasteiger partial charge on any atom is -0.355 e. The average molecular weight is 353 g/mol. The van der Waals surface area contributed by atoms with Crippen LogP contribution in [0.3, 0.4) is 0 Å². The lowest BCUT2D eigenvalue weighted by molar-refractivity contribution is -0.120. The number of aryl methyl sites for hydroxylation is 3. The third-order valence-corrected chi connectivity index (χ3v) is 3.64. The van der Waals surface area contributed by atoms with Gasteiger partial charge in [-0.15, -0.1) is 12.4 Å². The van der Waals surface area contributed by atoms with E-state index in [0.29, 0.717) is 18.9 Å². The lowest BCUT2D eigenvalue weighted by Gasteiger charge is -2.07. The van der Waals surface area contributed by atoms with Gasteiger partial charge in [0.05, 0.1) is 12.1 Å². The Morgan fingerprint density at radius 3 is 2.33 bits per heavy atom. The third-order valence-electron chi connectivity index (χ3n) is 3.64. The van der Waals surface area contributed by atoms with Crippen LogP contribution >= 0.6 is 12.4 Å². The second kappa shape index (κ2) is 8.75. The monoisotopic (exact) mass is 352 g/mol. The summed E-state index contributed by atoms with van der Waals surface area (Å²) in [6.07, 6.45) is 0.312. The van der Waals surface area contributed by atoms with Crippen molar-refractivity contribution in [1.82, 2.24) is 30.4 Å². The lowest BCUT2D eigenvalue weighted by Crippen LogP contribution is -2.31. The second-order valence-electron chi connectivity index (χ2n) is 5.64. The van der Waals surface area contributed by atoms with E-state index in [4.69, 9.17) is 0 Å². The minimum atomic E-state index is -0.00709. The third kappa shape index (κ3) is 4.75. The van der Waals surface area contributed by atoms with Crippen molar-refractivity contribution >= 4 is 18.3 Å². The Morgan fingerprint density at radius 2 is 1.75 bits per heavy atom. The lowest BCUT2D eigenvalue weighted by atomic mass is 10.1. The van der Waals surface area contributed by atoms with Gasteiger partial charge in [0.1, 0.15) is 0 Å². The van der Waals surface area contributed by atoms with Crippen LogP contribution in [0, 0.1) is 27.7 Å². The van der Waals surface area contributed by atoms with E-state index in [1.54, 1.807) is 4.68 Å². The summed E-state index contributed by atoms with van der Waals surface area (Å²) in [5, 5.41) is 10.4. The van der Waals surface area contributed by atoms with Crippen LogP contribution in [0.1, 0.15) is 28.3 Å². The normalized spacial score (nSPS) is 10.4. The van der Waals surface area contributed by atoms with E-state index in [-0.39, 0.29) is 18.3 Å². The number of aromatic nitrogens is 4. The number of likely N-dealkylation sites (N-methyl/N-ethyl adjacent to an activating group) is 1. The first-order valence-electron chi connectivity index (χ1n) is 7.71. The zero-order valence-electron chi connectivity index (χ0n) is 14.8. The summed E-state index contributed by atoms with van der Waals surface area (Å²) >= 11 is 0. The molecule has 0 aliphatic heterocycles. The van der Waals surface area contributed by atoms with Crippen LogP contribution < -0.4 is 10.6 Å². The molecule has 2 rings (SSSR count). The quantitative estimate of drug-likeness (QED) is 0.763. The standard InChI is InChI=1S/C16H24N6O.ClH/c1-10-8-11(2)20-16(19-10)22-13(4)14(12(3)21-22)9-15(23)18-7-6-17-5;/h8,17H,6-7,9H2,1-5H3,(H,18,23);1H. The van der Waals surface area contributed by atoms with Gasteiger partial charge in [0.2, 0.25) is 5.91 Å². The number of rotatable bonds is 6. The molecule has 0 unspecified atom stereocenters. The highest BCUT2D eigenvalue weighted by molar-refractivity contribution is 5.85. The molecular formula is C16H25ClN6O. The second-order valence-corrected chi connectivity index (χ2v) is 5.64. The Balaban J connectivity index is 0.00000288. The molecule has 0 atom stereocenters. The Hall–Kier alpha value is -1.99. The molecular weight excluding hydrogens is 328 g/mol. The number of hydrogen-bond acceptors (Lipinski definition) is 5. The zero-order valence-corrected chi connectivity index (χ0v) is 15.6. The van der Waals surface area contributed by atoms with Crippen molar-refractivity contribution in [2.45, 2.75) is 34.1 Å². The van der Waals surface area contributed by atoms with Gasteiger partial charge in [-0.1, -0.05) is 0 Å². The van der Waals surface area contributed by atoms with Crippen molar-refractivity contribution in [3.05, 3.63) is 34.4 Å². The van der Waals surface area contributed by atoms with Gasteiger partial charge >= 0.3 is 0 Å². The van der Waals surface area contributed by atoms with Gasteiger partial charge < -0.3 is 10.6 Å². The Kier molecular flexibility index (Phi) is 7.31. The molecule has 0 aromatic carbocycles. The van der Waals surface area contributed by atoms with Crippen LogP contribution in [0.4, 0.5) is 0 Å². The van der Waals surface area contributed by atoms with Gasteiger partial charge in [-0.2, -0.15) is 5.10 Å². The Labute approximate surface area is 148 Å². The first-order valence-corrected chi connectivity index (χ1v) is 7.71. The largest absolute Gasteiger partial charge is 0.355 e. The van der Waals surface area contributed by atoms with E-state index in [2.05, 4.69) is 25.7 Å². The average Bonchev–Trinajstić information content (AvgIpc) is 2.75. The predicted molar refractivity (Wildman–Crippen MR) is 96.0 cm³/mol. The molecule has 0 radical (unpaired) electrons. The van der Waals surface area contributed by atoms with Crippen LogP contribution in [0.5, 0.6) is 0 Å². The van der Waals surface area contributed by atoms with Crippen molar-refractivity contribution in [2.24, 2.45) is 0 Å². The molecule has 8 heteroatoms. The smallest absolute Gasteiger partial charge is 0.251 e. The fraction of sp³-hybridized carbons (Fsp3) is 0.500. The first-order chi connectivity index (χ1) is 10.9. The summed E-state index contributed by atoms with van der Waals surface area (Å²) in [5.41, 5.74) is 4.44. The van der Waals surface area contributed by atoms with Crippen molar-refractivity contribution < 1.29 is 4.79 Å². The molecule has 0 spiro atoms. The van der Waals surface area contributed by atoms with E-state index in [1.807, 2.05) is 40.8 Å². The van der Waals surface area contributed by atoms with Gasteiger partial charge in [-0.3, -0.25) is 4.79 Å². The summed E-state index contributed by atoms with van der Waals surface area (Å²) < 4.78 is 1.71. The number of halogens is 1. The van der Waals surface area contributed by atoms with Crippen molar-refractivity contribution in [2.75, 3.05) is 20.1 Å². The van der Waals surface area contributed by atoms with Gasteiger partial charge in [0.15, 0.2) is 0 Å². The molecule has 2 aromatic rings. The van der Waals surface area contributed by atoms with Crippen LogP contribution in [0.15, 0.2) is 6.07 Å². The van der Waals surface area contributed by atoms with E-state index >= 15 is 0 Å². The molecule has 0 bridgehead atoms. The predicted octanol–water partition coefficient (Wildman–Crippen LogP) is 1.20. The molecule has 7 nitrogen and oxygen atoms in total. The number of amides is 1. The summed E-state index contributed by atoms with van der Waals surface area (Å²) in [7, 11) is 1.86. The highest BCUT2D eigenvalue weighted by atomic mass is 35.5. The number of nitrogens with zero attached hydrogens (tertiary/aromatic N) is 4. The number of carbonyl (C=O) groups is 1. The highest BCUT2D eigenvalue weighted by Crippen LogP contribution is 2.17. The molecule has 1 amide bonds. The molecule has 0 aliphatic rings. The maximum absolute atomic E-state index is 12.0. The maximum atomic E-state index is 12.0. The van der Waals surface area contributed by atoms with E-state index in [1.165, 1.54) is 0 Å². The summed E-state index contributed by atoms with van der Waals surface area (Å²) in [5.74, 6) is 0.539. The summed E-state index contributed by atoms with van der Waals surface area (Å²) in [6.45, 7) is 9.07. The molecule has 0 saturated carbocycles. The van der Waals surface area contributed by atoms with Crippen molar-refractivity contribution in [3.8, 4) is 5.95 Å². The number of carbonyl (C=O) groups excluding carboxylic acids is 1. The van der Waals surface area contributed by atoms with Crippen LogP contribution in [0.2, 0.25) is 0 Å². The topological polar surface area (TPSA) is 84.7 Å². The van der Waals surface area contributed by atoms with Gasteiger partial charge in [0.25, 0.3) is 5.95 Å². The van der Waals surface area contributed by atoms with Crippen molar-refractivity contribution in [1.29, 1.82) is 0 Å². The van der Waals surface area contributed by atoms with Crippen molar-refractivity contribution in [3.63, 3.8) is 0 Å². The van der Waals surface area contributed by atoms with Crippen LogP contribution in [-0.4, -0.2) is 45.8 Å². The Bertz CT molecular complexity index is 693. The molecule has 24 heavy (non-hydrogen) atoms. The van der Waals surface area contributed by atoms with Gasteiger partial charge in [-0.25, -0.2) is 14.6 Å². The number of hydrogen-bond donors (Lipinski definition) is 2. The number of nitrogens with one attached hydrogen (secondary N) is 2. The maximum Gasteiger partial charge on any atom is 0.251 e. The molecule has 0 aliphatic carbocycles.